The second kappa shape index (κ2) is 9.01. The lowest BCUT2D eigenvalue weighted by molar-refractivity contribution is -0.117. The van der Waals surface area contributed by atoms with Gasteiger partial charge in [-0.05, 0) is 25.8 Å². The molecule has 1 fully saturated rings. The Hall–Kier alpha value is -2.39. The topological polar surface area (TPSA) is 98.1 Å². The van der Waals surface area contributed by atoms with Gasteiger partial charge in [-0.1, -0.05) is 35.5 Å². The highest BCUT2D eigenvalue weighted by Gasteiger charge is 2.24. The van der Waals surface area contributed by atoms with E-state index in [9.17, 15) is 9.59 Å². The average molecular weight is 389 g/mol. The molecule has 1 aromatic heterocycles. The second-order valence-electron chi connectivity index (χ2n) is 6.40. The highest BCUT2D eigenvalue weighted by molar-refractivity contribution is 7.99. The van der Waals surface area contributed by atoms with Crippen LogP contribution in [0.25, 0.3) is 11.4 Å². The van der Waals surface area contributed by atoms with Crippen LogP contribution in [0.3, 0.4) is 0 Å². The third kappa shape index (κ3) is 5.54. The SMILES string of the molecule is COCCn1c(SCC(=O)NC(=O)NC2CC2)nnc1-c1cccc(C)c1. The molecule has 1 aromatic carbocycles. The van der Waals surface area contributed by atoms with Crippen LogP contribution in [0, 0.1) is 6.92 Å². The number of nitrogens with one attached hydrogen (secondary N) is 2. The summed E-state index contributed by atoms with van der Waals surface area (Å²) in [6.07, 6.45) is 1.95. The predicted molar refractivity (Wildman–Crippen MR) is 102 cm³/mol. The Bertz CT molecular complexity index is 819. The molecule has 1 heterocycles. The molecule has 3 rings (SSSR count). The Labute approximate surface area is 162 Å². The molecule has 0 atom stereocenters. The van der Waals surface area contributed by atoms with Crippen LogP contribution in [0.5, 0.6) is 0 Å². The van der Waals surface area contributed by atoms with Crippen LogP contribution in [0.4, 0.5) is 4.79 Å². The monoisotopic (exact) mass is 389 g/mol. The minimum Gasteiger partial charge on any atom is -0.383 e. The van der Waals surface area contributed by atoms with Crippen LogP contribution in [0.2, 0.25) is 0 Å². The third-order valence-corrected chi connectivity index (χ3v) is 4.98. The van der Waals surface area contributed by atoms with E-state index < -0.39 is 6.03 Å². The first kappa shape index (κ1) is 19.4. The van der Waals surface area contributed by atoms with E-state index in [0.717, 1.165) is 29.8 Å². The molecule has 1 aliphatic carbocycles. The number of aromatic nitrogens is 3. The number of nitrogens with zero attached hydrogens (tertiary/aromatic N) is 3. The van der Waals surface area contributed by atoms with Gasteiger partial charge >= 0.3 is 6.03 Å². The summed E-state index contributed by atoms with van der Waals surface area (Å²) in [5, 5.41) is 14.2. The summed E-state index contributed by atoms with van der Waals surface area (Å²) in [5.41, 5.74) is 2.09. The lowest BCUT2D eigenvalue weighted by Crippen LogP contribution is -2.41. The molecule has 2 aromatic rings. The number of aryl methyl sites for hydroxylation is 1. The highest BCUT2D eigenvalue weighted by Crippen LogP contribution is 2.24. The Kier molecular flexibility index (Phi) is 6.46. The smallest absolute Gasteiger partial charge is 0.321 e. The first-order valence-electron chi connectivity index (χ1n) is 8.79. The molecule has 8 nitrogen and oxygen atoms in total. The Morgan fingerprint density at radius 3 is 2.85 bits per heavy atom. The van der Waals surface area contributed by atoms with Gasteiger partial charge in [0.15, 0.2) is 11.0 Å². The number of benzene rings is 1. The normalized spacial score (nSPS) is 13.4. The van der Waals surface area contributed by atoms with Gasteiger partial charge in [0.25, 0.3) is 0 Å². The molecular weight excluding hydrogens is 366 g/mol. The highest BCUT2D eigenvalue weighted by atomic mass is 32.2. The molecule has 0 spiro atoms. The van der Waals surface area contributed by atoms with Crippen molar-refractivity contribution in [3.8, 4) is 11.4 Å². The van der Waals surface area contributed by atoms with Crippen LogP contribution >= 0.6 is 11.8 Å². The Morgan fingerprint density at radius 2 is 2.15 bits per heavy atom. The average Bonchev–Trinajstić information content (AvgIpc) is 3.35. The third-order valence-electron chi connectivity index (χ3n) is 4.01. The minimum atomic E-state index is -0.440. The summed E-state index contributed by atoms with van der Waals surface area (Å²) in [6, 6.07) is 7.77. The molecule has 144 valence electrons. The Balaban J connectivity index is 1.66. The molecule has 0 aliphatic heterocycles. The van der Waals surface area contributed by atoms with Gasteiger partial charge in [-0.25, -0.2) is 4.79 Å². The van der Waals surface area contributed by atoms with Crippen molar-refractivity contribution in [2.75, 3.05) is 19.5 Å². The fourth-order valence-electron chi connectivity index (χ4n) is 2.52. The summed E-state index contributed by atoms with van der Waals surface area (Å²) in [7, 11) is 1.63. The van der Waals surface area contributed by atoms with E-state index in [4.69, 9.17) is 4.74 Å². The molecule has 3 amide bonds. The quantitative estimate of drug-likeness (QED) is 0.670. The number of rotatable bonds is 8. The first-order chi connectivity index (χ1) is 13.1. The molecule has 0 bridgehead atoms. The van der Waals surface area contributed by atoms with Gasteiger partial charge in [0.05, 0.1) is 18.9 Å². The van der Waals surface area contributed by atoms with Gasteiger partial charge in [0, 0.05) is 18.7 Å². The molecule has 27 heavy (non-hydrogen) atoms. The van der Waals surface area contributed by atoms with Crippen LogP contribution < -0.4 is 10.6 Å². The number of carbonyl (C=O) groups is 2. The summed E-state index contributed by atoms with van der Waals surface area (Å²) < 4.78 is 7.12. The molecule has 2 N–H and O–H groups in total. The van der Waals surface area contributed by atoms with E-state index in [1.165, 1.54) is 11.8 Å². The number of urea groups is 1. The maximum Gasteiger partial charge on any atom is 0.321 e. The summed E-state index contributed by atoms with van der Waals surface area (Å²) in [5.74, 6) is 0.443. The van der Waals surface area contributed by atoms with Crippen LogP contribution in [0.1, 0.15) is 18.4 Å². The van der Waals surface area contributed by atoms with Crippen LogP contribution in [-0.4, -0.2) is 52.2 Å². The van der Waals surface area contributed by atoms with Gasteiger partial charge < -0.3 is 10.1 Å². The number of hydrogen-bond acceptors (Lipinski definition) is 6. The molecule has 9 heteroatoms. The van der Waals surface area contributed by atoms with E-state index in [0.29, 0.717) is 18.3 Å². The number of amides is 3. The number of carbonyl (C=O) groups excluding carboxylic acids is 2. The second-order valence-corrected chi connectivity index (χ2v) is 7.35. The fourth-order valence-corrected chi connectivity index (χ4v) is 3.28. The van der Waals surface area contributed by atoms with E-state index in [2.05, 4.69) is 20.8 Å². The van der Waals surface area contributed by atoms with Crippen molar-refractivity contribution >= 4 is 23.7 Å². The van der Waals surface area contributed by atoms with Crippen molar-refractivity contribution in [1.29, 1.82) is 0 Å². The van der Waals surface area contributed by atoms with Crippen molar-refractivity contribution in [1.82, 2.24) is 25.4 Å². The largest absolute Gasteiger partial charge is 0.383 e. The summed E-state index contributed by atoms with van der Waals surface area (Å²) in [6.45, 7) is 3.09. The van der Waals surface area contributed by atoms with Crippen LogP contribution in [0.15, 0.2) is 29.4 Å². The number of methoxy groups -OCH3 is 1. The fraction of sp³-hybridized carbons (Fsp3) is 0.444. The molecule has 0 saturated heterocycles. The van der Waals surface area contributed by atoms with Gasteiger partial charge in [0.2, 0.25) is 5.91 Å². The lowest BCUT2D eigenvalue weighted by Gasteiger charge is -2.10. The van der Waals surface area contributed by atoms with Gasteiger partial charge in [0.1, 0.15) is 0 Å². The number of imide groups is 1. The standard InChI is InChI=1S/C18H23N5O3S/c1-12-4-3-5-13(10-12)16-21-22-18(23(16)8-9-26-2)27-11-15(24)20-17(25)19-14-6-7-14/h3-5,10,14H,6-9,11H2,1-2H3,(H2,19,20,24,25). The van der Waals surface area contributed by atoms with E-state index in [1.807, 2.05) is 35.8 Å². The van der Waals surface area contributed by atoms with E-state index in [1.54, 1.807) is 7.11 Å². The number of ether oxygens (including phenoxy) is 1. The van der Waals surface area contributed by atoms with Gasteiger partial charge in [-0.3, -0.25) is 14.7 Å². The zero-order valence-corrected chi connectivity index (χ0v) is 16.2. The summed E-state index contributed by atoms with van der Waals surface area (Å²) in [4.78, 5) is 23.6. The predicted octanol–water partition coefficient (Wildman–Crippen LogP) is 1.98. The minimum absolute atomic E-state index is 0.0804. The Morgan fingerprint density at radius 1 is 1.33 bits per heavy atom. The number of hydrogen-bond donors (Lipinski definition) is 2. The first-order valence-corrected chi connectivity index (χ1v) is 9.77. The maximum absolute atomic E-state index is 12.0. The van der Waals surface area contributed by atoms with Crippen molar-refractivity contribution < 1.29 is 14.3 Å². The van der Waals surface area contributed by atoms with E-state index >= 15 is 0 Å². The van der Waals surface area contributed by atoms with Crippen molar-refractivity contribution in [3.63, 3.8) is 0 Å². The van der Waals surface area contributed by atoms with E-state index in [-0.39, 0.29) is 17.7 Å². The number of thioether (sulfide) groups is 1. The van der Waals surface area contributed by atoms with Crippen molar-refractivity contribution in [2.24, 2.45) is 0 Å². The van der Waals surface area contributed by atoms with Crippen molar-refractivity contribution in [3.05, 3.63) is 29.8 Å². The maximum atomic E-state index is 12.0. The molecular formula is C18H23N5O3S. The van der Waals surface area contributed by atoms with Gasteiger partial charge in [-0.15, -0.1) is 10.2 Å². The molecule has 1 saturated carbocycles. The molecule has 1 aliphatic rings. The van der Waals surface area contributed by atoms with Crippen LogP contribution in [-0.2, 0) is 16.1 Å². The van der Waals surface area contributed by atoms with Crippen molar-refractivity contribution in [2.45, 2.75) is 37.5 Å². The zero-order valence-electron chi connectivity index (χ0n) is 15.4. The summed E-state index contributed by atoms with van der Waals surface area (Å²) >= 11 is 1.24. The molecule has 0 radical (unpaired) electrons. The van der Waals surface area contributed by atoms with Gasteiger partial charge in [-0.2, -0.15) is 0 Å². The zero-order chi connectivity index (χ0) is 19.2. The lowest BCUT2D eigenvalue weighted by atomic mass is 10.1. The molecule has 0 unspecified atom stereocenters.